The number of urea groups is 1. The Morgan fingerprint density at radius 2 is 2.04 bits per heavy atom. The molecule has 1 aromatic heterocycles. The summed E-state index contributed by atoms with van der Waals surface area (Å²) in [5.41, 5.74) is 0. The summed E-state index contributed by atoms with van der Waals surface area (Å²) in [6.07, 6.45) is 4.84. The molecular weight excluding hydrogens is 310 g/mol. The fourth-order valence-electron chi connectivity index (χ4n) is 3.90. The summed E-state index contributed by atoms with van der Waals surface area (Å²) in [6.45, 7) is 5.06. The molecule has 1 unspecified atom stereocenters. The highest BCUT2D eigenvalue weighted by Gasteiger charge is 2.44. The number of furan rings is 1. The van der Waals surface area contributed by atoms with Gasteiger partial charge in [-0.1, -0.05) is 0 Å². The van der Waals surface area contributed by atoms with E-state index < -0.39 is 5.79 Å². The van der Waals surface area contributed by atoms with Crippen LogP contribution < -0.4 is 5.32 Å². The largest absolute Gasteiger partial charge is 0.468 e. The van der Waals surface area contributed by atoms with Crippen LogP contribution >= 0.6 is 0 Å². The van der Waals surface area contributed by atoms with Gasteiger partial charge in [0.25, 0.3) is 0 Å². The van der Waals surface area contributed by atoms with Crippen molar-refractivity contribution >= 4 is 6.03 Å². The predicted molar refractivity (Wildman–Crippen MR) is 86.5 cm³/mol. The summed E-state index contributed by atoms with van der Waals surface area (Å²) in [5.74, 6) is 0.352. The molecule has 3 fully saturated rings. The highest BCUT2D eigenvalue weighted by atomic mass is 16.7. The number of carbonyl (C=O) groups excluding carboxylic acids is 1. The first kappa shape index (κ1) is 15.9. The third kappa shape index (κ3) is 3.16. The number of hydrogen-bond acceptors (Lipinski definition) is 5. The van der Waals surface area contributed by atoms with Crippen LogP contribution in [0.1, 0.15) is 31.1 Å². The standard InChI is InChI=1S/C17H25N3O4/c21-16(20-8-5-17(13-20)23-10-11-24-17)18-12-14(15-4-3-9-22-15)19-6-1-2-7-19/h3-4,9,14H,1-2,5-8,10-13H2,(H,18,21). The van der Waals surface area contributed by atoms with Gasteiger partial charge in [-0.05, 0) is 38.1 Å². The lowest BCUT2D eigenvalue weighted by atomic mass is 10.2. The average Bonchev–Trinajstić information content (AvgIpc) is 3.38. The molecule has 4 rings (SSSR count). The smallest absolute Gasteiger partial charge is 0.317 e. The SMILES string of the molecule is O=C(NCC(c1ccco1)N1CCCC1)N1CCC2(C1)OCCO2. The molecule has 0 radical (unpaired) electrons. The topological polar surface area (TPSA) is 67.2 Å². The van der Waals surface area contributed by atoms with Gasteiger partial charge in [0.05, 0.1) is 32.1 Å². The van der Waals surface area contributed by atoms with E-state index in [1.165, 1.54) is 12.8 Å². The molecule has 3 saturated heterocycles. The van der Waals surface area contributed by atoms with Crippen LogP contribution in [0.15, 0.2) is 22.8 Å². The molecule has 7 heteroatoms. The number of rotatable bonds is 4. The van der Waals surface area contributed by atoms with Gasteiger partial charge < -0.3 is 24.1 Å². The van der Waals surface area contributed by atoms with Crippen molar-refractivity contribution in [3.63, 3.8) is 0 Å². The Bertz CT molecular complexity index is 550. The summed E-state index contributed by atoms with van der Waals surface area (Å²) in [4.78, 5) is 16.7. The van der Waals surface area contributed by atoms with Crippen LogP contribution in [0, 0.1) is 0 Å². The highest BCUT2D eigenvalue weighted by molar-refractivity contribution is 5.74. The zero-order valence-electron chi connectivity index (χ0n) is 13.9. The minimum absolute atomic E-state index is 0.0540. The molecule has 1 spiro atoms. The van der Waals surface area contributed by atoms with Crippen molar-refractivity contribution in [1.82, 2.24) is 15.1 Å². The number of amides is 2. The van der Waals surface area contributed by atoms with E-state index in [1.54, 1.807) is 11.2 Å². The third-order valence-corrected chi connectivity index (χ3v) is 5.19. The van der Waals surface area contributed by atoms with Gasteiger partial charge in [-0.2, -0.15) is 0 Å². The fourth-order valence-corrected chi connectivity index (χ4v) is 3.90. The molecule has 1 atom stereocenters. The van der Waals surface area contributed by atoms with E-state index in [4.69, 9.17) is 13.9 Å². The van der Waals surface area contributed by atoms with Gasteiger partial charge in [-0.15, -0.1) is 0 Å². The second kappa shape index (κ2) is 6.74. The Labute approximate surface area is 141 Å². The van der Waals surface area contributed by atoms with Crippen molar-refractivity contribution in [2.45, 2.75) is 31.1 Å². The number of nitrogens with zero attached hydrogens (tertiary/aromatic N) is 2. The first-order valence-electron chi connectivity index (χ1n) is 8.84. The van der Waals surface area contributed by atoms with Crippen LogP contribution in [0.25, 0.3) is 0 Å². The molecule has 4 heterocycles. The van der Waals surface area contributed by atoms with Gasteiger partial charge in [-0.3, -0.25) is 4.90 Å². The quantitative estimate of drug-likeness (QED) is 0.905. The molecule has 7 nitrogen and oxygen atoms in total. The molecule has 0 bridgehead atoms. The summed E-state index contributed by atoms with van der Waals surface area (Å²) in [5, 5.41) is 3.07. The van der Waals surface area contributed by atoms with E-state index in [0.717, 1.165) is 25.3 Å². The second-order valence-electron chi connectivity index (χ2n) is 6.74. The number of carbonyl (C=O) groups is 1. The molecule has 0 aliphatic carbocycles. The van der Waals surface area contributed by atoms with E-state index in [0.29, 0.717) is 32.8 Å². The van der Waals surface area contributed by atoms with Crippen LogP contribution in [0.2, 0.25) is 0 Å². The summed E-state index contributed by atoms with van der Waals surface area (Å²) >= 11 is 0. The first-order valence-corrected chi connectivity index (χ1v) is 8.84. The lowest BCUT2D eigenvalue weighted by Crippen LogP contribution is -2.44. The first-order chi connectivity index (χ1) is 11.8. The number of ether oxygens (including phenoxy) is 2. The van der Waals surface area contributed by atoms with Crippen molar-refractivity contribution in [2.24, 2.45) is 0 Å². The molecule has 132 valence electrons. The lowest BCUT2D eigenvalue weighted by molar-refractivity contribution is -0.143. The molecular formula is C17H25N3O4. The van der Waals surface area contributed by atoms with Crippen LogP contribution in [0.5, 0.6) is 0 Å². The molecule has 24 heavy (non-hydrogen) atoms. The van der Waals surface area contributed by atoms with Gasteiger partial charge in [0, 0.05) is 19.5 Å². The lowest BCUT2D eigenvalue weighted by Gasteiger charge is -2.27. The monoisotopic (exact) mass is 335 g/mol. The van der Waals surface area contributed by atoms with Crippen LogP contribution in [0.4, 0.5) is 4.79 Å². The summed E-state index contributed by atoms with van der Waals surface area (Å²) in [7, 11) is 0. The number of nitrogens with one attached hydrogen (secondary N) is 1. The van der Waals surface area contributed by atoms with Crippen LogP contribution in [-0.4, -0.2) is 67.6 Å². The van der Waals surface area contributed by atoms with E-state index >= 15 is 0 Å². The Morgan fingerprint density at radius 3 is 2.75 bits per heavy atom. The number of likely N-dealkylation sites (tertiary alicyclic amines) is 2. The van der Waals surface area contributed by atoms with Gasteiger partial charge in [0.2, 0.25) is 0 Å². The van der Waals surface area contributed by atoms with E-state index in [1.807, 2.05) is 12.1 Å². The maximum absolute atomic E-state index is 12.5. The van der Waals surface area contributed by atoms with Crippen molar-refractivity contribution in [3.05, 3.63) is 24.2 Å². The Morgan fingerprint density at radius 1 is 1.25 bits per heavy atom. The molecule has 1 N–H and O–H groups in total. The Hall–Kier alpha value is -1.57. The summed E-state index contributed by atoms with van der Waals surface area (Å²) < 4.78 is 17.0. The van der Waals surface area contributed by atoms with Gasteiger partial charge in [0.15, 0.2) is 5.79 Å². The maximum Gasteiger partial charge on any atom is 0.317 e. The van der Waals surface area contributed by atoms with Crippen molar-refractivity contribution in [3.8, 4) is 0 Å². The van der Waals surface area contributed by atoms with Crippen LogP contribution in [-0.2, 0) is 9.47 Å². The normalized spacial score (nSPS) is 24.8. The van der Waals surface area contributed by atoms with Gasteiger partial charge in [-0.25, -0.2) is 4.79 Å². The zero-order valence-corrected chi connectivity index (χ0v) is 13.9. The van der Waals surface area contributed by atoms with Crippen LogP contribution in [0.3, 0.4) is 0 Å². The Kier molecular flexibility index (Phi) is 4.47. The fraction of sp³-hybridized carbons (Fsp3) is 0.706. The van der Waals surface area contributed by atoms with E-state index in [9.17, 15) is 4.79 Å². The van der Waals surface area contributed by atoms with Gasteiger partial charge >= 0.3 is 6.03 Å². The molecule has 2 amide bonds. The van der Waals surface area contributed by atoms with Crippen molar-refractivity contribution in [1.29, 1.82) is 0 Å². The zero-order chi connectivity index (χ0) is 16.4. The molecule has 0 saturated carbocycles. The van der Waals surface area contributed by atoms with Crippen molar-refractivity contribution in [2.75, 3.05) is 45.9 Å². The maximum atomic E-state index is 12.5. The average molecular weight is 335 g/mol. The molecule has 3 aliphatic rings. The minimum atomic E-state index is -0.563. The highest BCUT2D eigenvalue weighted by Crippen LogP contribution is 2.30. The predicted octanol–water partition coefficient (Wildman–Crippen LogP) is 1.57. The summed E-state index contributed by atoms with van der Waals surface area (Å²) in [6, 6.07) is 3.93. The second-order valence-corrected chi connectivity index (χ2v) is 6.74. The number of hydrogen-bond donors (Lipinski definition) is 1. The van der Waals surface area contributed by atoms with Crippen molar-refractivity contribution < 1.29 is 18.7 Å². The molecule has 0 aromatic carbocycles. The van der Waals surface area contributed by atoms with E-state index in [2.05, 4.69) is 10.2 Å². The van der Waals surface area contributed by atoms with E-state index in [-0.39, 0.29) is 12.1 Å². The Balaban J connectivity index is 1.35. The van der Waals surface area contributed by atoms with Gasteiger partial charge in [0.1, 0.15) is 5.76 Å². The molecule has 3 aliphatic heterocycles. The minimum Gasteiger partial charge on any atom is -0.468 e. The molecule has 1 aromatic rings. The third-order valence-electron chi connectivity index (χ3n) is 5.19.